The highest BCUT2D eigenvalue weighted by atomic mass is 32.2. The molecule has 0 amide bonds. The second-order valence-electron chi connectivity index (χ2n) is 3.20. The van der Waals surface area contributed by atoms with Gasteiger partial charge in [0.15, 0.2) is 0 Å². The Bertz CT molecular complexity index is 205. The number of nitrogens with one attached hydrogen (secondary N) is 1. The van der Waals surface area contributed by atoms with E-state index in [0.717, 1.165) is 0 Å². The van der Waals surface area contributed by atoms with Crippen LogP contribution in [-0.4, -0.2) is 26.4 Å². The molecule has 0 aromatic carbocycles. The van der Waals surface area contributed by atoms with Crippen LogP contribution < -0.4 is 4.72 Å². The van der Waals surface area contributed by atoms with Crippen molar-refractivity contribution in [2.75, 3.05) is 13.2 Å². The summed E-state index contributed by atoms with van der Waals surface area (Å²) in [7, 11) is -3.35. The largest absolute Gasteiger partial charge is 0.250 e. The Labute approximate surface area is 67.0 Å². The Morgan fingerprint density at radius 1 is 1.36 bits per heavy atom. The third-order valence-corrected chi connectivity index (χ3v) is 3.39. The molecule has 0 aliphatic carbocycles. The van der Waals surface area contributed by atoms with E-state index in [1.165, 1.54) is 0 Å². The average molecular weight is 183 g/mol. The molecule has 0 aromatic rings. The van der Waals surface area contributed by atoms with Crippen molar-refractivity contribution in [3.05, 3.63) is 0 Å². The first-order valence-electron chi connectivity index (χ1n) is 3.36. The number of hydrogen-bond acceptors (Lipinski definition) is 2. The lowest BCUT2D eigenvalue weighted by molar-refractivity contribution is 0.480. The van der Waals surface area contributed by atoms with E-state index in [0.29, 0.717) is 0 Å². The van der Waals surface area contributed by atoms with E-state index in [4.69, 9.17) is 0 Å². The van der Waals surface area contributed by atoms with Gasteiger partial charge in [0, 0.05) is 6.54 Å². The highest BCUT2D eigenvalue weighted by Gasteiger charge is 2.27. The van der Waals surface area contributed by atoms with E-state index >= 15 is 0 Å². The smallest absolute Gasteiger partial charge is 0.216 e. The summed E-state index contributed by atoms with van der Waals surface area (Å²) in [4.78, 5) is 0. The van der Waals surface area contributed by atoms with Crippen LogP contribution in [0, 0.1) is 0 Å². The predicted octanol–water partition coefficient (Wildman–Crippen LogP) is 0.674. The van der Waals surface area contributed by atoms with Gasteiger partial charge in [-0.3, -0.25) is 0 Å². The molecule has 0 unspecified atom stereocenters. The van der Waals surface area contributed by atoms with Gasteiger partial charge in [-0.2, -0.15) is 0 Å². The van der Waals surface area contributed by atoms with Crippen LogP contribution in [-0.2, 0) is 10.0 Å². The quantitative estimate of drug-likeness (QED) is 0.699. The Balaban J connectivity index is 4.26. The predicted molar refractivity (Wildman–Crippen MR) is 42.7 cm³/mol. The molecule has 5 heteroatoms. The van der Waals surface area contributed by atoms with Crippen molar-refractivity contribution in [1.29, 1.82) is 0 Å². The second-order valence-corrected chi connectivity index (χ2v) is 5.72. The van der Waals surface area contributed by atoms with Crippen LogP contribution in [0.15, 0.2) is 0 Å². The van der Waals surface area contributed by atoms with Gasteiger partial charge in [0.05, 0.1) is 4.75 Å². The van der Waals surface area contributed by atoms with Crippen molar-refractivity contribution in [3.63, 3.8) is 0 Å². The summed E-state index contributed by atoms with van der Waals surface area (Å²) < 4.78 is 35.1. The van der Waals surface area contributed by atoms with Gasteiger partial charge in [-0.1, -0.05) is 0 Å². The van der Waals surface area contributed by atoms with Crippen molar-refractivity contribution >= 4 is 10.0 Å². The third-order valence-electron chi connectivity index (χ3n) is 1.19. The maximum atomic E-state index is 11.6. The molecular weight excluding hydrogens is 169 g/mol. The fraction of sp³-hybridized carbons (Fsp3) is 1.00. The molecule has 3 nitrogen and oxygen atoms in total. The van der Waals surface area contributed by atoms with Gasteiger partial charge in [0.2, 0.25) is 10.0 Å². The van der Waals surface area contributed by atoms with Crippen molar-refractivity contribution in [3.8, 4) is 0 Å². The number of halogens is 1. The fourth-order valence-electron chi connectivity index (χ4n) is 0.389. The lowest BCUT2D eigenvalue weighted by Gasteiger charge is -2.18. The number of hydrogen-bond donors (Lipinski definition) is 1. The van der Waals surface area contributed by atoms with Gasteiger partial charge in [-0.05, 0) is 20.8 Å². The van der Waals surface area contributed by atoms with Crippen molar-refractivity contribution < 1.29 is 12.8 Å². The van der Waals surface area contributed by atoms with Crippen LogP contribution in [0.2, 0.25) is 0 Å². The first-order valence-corrected chi connectivity index (χ1v) is 4.85. The van der Waals surface area contributed by atoms with E-state index in [9.17, 15) is 12.8 Å². The molecule has 0 radical (unpaired) electrons. The lowest BCUT2D eigenvalue weighted by atomic mass is 10.3. The van der Waals surface area contributed by atoms with Gasteiger partial charge in [0.1, 0.15) is 6.67 Å². The van der Waals surface area contributed by atoms with Crippen LogP contribution in [0.3, 0.4) is 0 Å². The average Bonchev–Trinajstić information content (AvgIpc) is 1.81. The monoisotopic (exact) mass is 183 g/mol. The highest BCUT2D eigenvalue weighted by Crippen LogP contribution is 2.12. The first-order chi connectivity index (χ1) is 4.81. The molecule has 0 fully saturated rings. The molecule has 0 saturated carbocycles. The molecule has 0 saturated heterocycles. The van der Waals surface area contributed by atoms with Gasteiger partial charge in [-0.15, -0.1) is 0 Å². The zero-order valence-electron chi connectivity index (χ0n) is 7.02. The molecular formula is C6H14FNO2S. The minimum atomic E-state index is -3.35. The van der Waals surface area contributed by atoms with Crippen LogP contribution in [0.1, 0.15) is 20.8 Å². The minimum Gasteiger partial charge on any atom is -0.250 e. The van der Waals surface area contributed by atoms with E-state index in [1.54, 1.807) is 20.8 Å². The van der Waals surface area contributed by atoms with Crippen LogP contribution in [0.4, 0.5) is 4.39 Å². The van der Waals surface area contributed by atoms with Gasteiger partial charge in [0.25, 0.3) is 0 Å². The van der Waals surface area contributed by atoms with Crippen LogP contribution in [0.25, 0.3) is 0 Å². The lowest BCUT2D eigenvalue weighted by Crippen LogP contribution is -2.40. The zero-order valence-corrected chi connectivity index (χ0v) is 7.83. The Kier molecular flexibility index (Phi) is 3.44. The molecule has 11 heavy (non-hydrogen) atoms. The normalized spacial score (nSPS) is 13.5. The number of sulfonamides is 1. The van der Waals surface area contributed by atoms with E-state index in [-0.39, 0.29) is 6.54 Å². The van der Waals surface area contributed by atoms with Crippen molar-refractivity contribution in [1.82, 2.24) is 4.72 Å². The summed E-state index contributed by atoms with van der Waals surface area (Å²) in [5, 5.41) is 0. The van der Waals surface area contributed by atoms with Gasteiger partial charge in [-0.25, -0.2) is 17.5 Å². The summed E-state index contributed by atoms with van der Waals surface area (Å²) in [6, 6.07) is 0. The first kappa shape index (κ1) is 10.8. The molecule has 0 aliphatic rings. The summed E-state index contributed by atoms with van der Waals surface area (Å²) in [6.45, 7) is 3.88. The molecule has 0 rings (SSSR count). The number of alkyl halides is 1. The maximum Gasteiger partial charge on any atom is 0.216 e. The summed E-state index contributed by atoms with van der Waals surface area (Å²) in [5.74, 6) is 0. The van der Waals surface area contributed by atoms with Crippen LogP contribution >= 0.6 is 0 Å². The molecule has 1 N–H and O–H groups in total. The van der Waals surface area contributed by atoms with Gasteiger partial charge >= 0.3 is 0 Å². The summed E-state index contributed by atoms with van der Waals surface area (Å²) >= 11 is 0. The SMILES string of the molecule is CC(C)(C)S(=O)(=O)NCCF. The topological polar surface area (TPSA) is 46.2 Å². The summed E-state index contributed by atoms with van der Waals surface area (Å²) in [6.07, 6.45) is 0. The molecule has 0 aliphatic heterocycles. The van der Waals surface area contributed by atoms with E-state index in [2.05, 4.69) is 4.72 Å². The van der Waals surface area contributed by atoms with Gasteiger partial charge < -0.3 is 0 Å². The molecule has 0 aromatic heterocycles. The highest BCUT2D eigenvalue weighted by molar-refractivity contribution is 7.90. The number of rotatable bonds is 3. The van der Waals surface area contributed by atoms with E-state index in [1.807, 2.05) is 0 Å². The fourth-order valence-corrected chi connectivity index (χ4v) is 1.17. The molecule has 0 atom stereocenters. The zero-order chi connectivity index (χ0) is 9.12. The Morgan fingerprint density at radius 2 is 1.82 bits per heavy atom. The molecule has 0 spiro atoms. The van der Waals surface area contributed by atoms with Crippen molar-refractivity contribution in [2.45, 2.75) is 25.5 Å². The summed E-state index contributed by atoms with van der Waals surface area (Å²) in [5.41, 5.74) is 0. The Morgan fingerprint density at radius 3 is 2.09 bits per heavy atom. The van der Waals surface area contributed by atoms with E-state index < -0.39 is 21.4 Å². The maximum absolute atomic E-state index is 11.6. The molecule has 68 valence electrons. The standard InChI is InChI=1S/C6H14FNO2S/c1-6(2,3)11(9,10)8-5-4-7/h8H,4-5H2,1-3H3. The minimum absolute atomic E-state index is 0.139. The molecule has 0 bridgehead atoms. The Hall–Kier alpha value is -0.160. The second kappa shape index (κ2) is 3.49. The van der Waals surface area contributed by atoms with Crippen molar-refractivity contribution in [2.24, 2.45) is 0 Å². The molecule has 0 heterocycles. The third kappa shape index (κ3) is 3.16. The van der Waals surface area contributed by atoms with Crippen LogP contribution in [0.5, 0.6) is 0 Å².